The third-order valence-corrected chi connectivity index (χ3v) is 5.71. The first-order valence-electron chi connectivity index (χ1n) is 12.2. The topological polar surface area (TPSA) is 50.8 Å². The van der Waals surface area contributed by atoms with Crippen LogP contribution in [0.25, 0.3) is 0 Å². The summed E-state index contributed by atoms with van der Waals surface area (Å²) in [4.78, 5) is 15.8. The van der Waals surface area contributed by atoms with Crippen molar-refractivity contribution in [2.75, 3.05) is 38.2 Å². The minimum Gasteiger partial charge on any atom is -0.492 e. The number of nitrogens with one attached hydrogen (secondary N) is 1. The number of amides is 1. The quantitative estimate of drug-likeness (QED) is 0.431. The van der Waals surface area contributed by atoms with Crippen molar-refractivity contribution in [3.05, 3.63) is 24.3 Å². The summed E-state index contributed by atoms with van der Waals surface area (Å²) in [7, 11) is 0. The Bertz CT molecular complexity index is 627. The van der Waals surface area contributed by atoms with Gasteiger partial charge in [-0.3, -0.25) is 9.69 Å². The maximum absolute atomic E-state index is 13.4. The van der Waals surface area contributed by atoms with E-state index in [1.807, 2.05) is 24.3 Å². The van der Waals surface area contributed by atoms with Crippen molar-refractivity contribution in [1.82, 2.24) is 4.90 Å². The van der Waals surface area contributed by atoms with Gasteiger partial charge in [0, 0.05) is 18.8 Å². The minimum absolute atomic E-state index is 0.0397. The third-order valence-electron chi connectivity index (χ3n) is 5.71. The van der Waals surface area contributed by atoms with Gasteiger partial charge in [-0.15, -0.1) is 0 Å². The van der Waals surface area contributed by atoms with E-state index >= 15 is 0 Å². The molecule has 5 nitrogen and oxygen atoms in total. The van der Waals surface area contributed by atoms with Crippen molar-refractivity contribution in [1.29, 1.82) is 0 Å². The van der Waals surface area contributed by atoms with E-state index in [1.165, 1.54) is 32.4 Å². The molecule has 176 valence electrons. The van der Waals surface area contributed by atoms with E-state index in [-0.39, 0.29) is 5.91 Å². The largest absolute Gasteiger partial charge is 0.492 e. The number of carbonyl (C=O) groups is 1. The fourth-order valence-electron chi connectivity index (χ4n) is 4.42. The Morgan fingerprint density at radius 1 is 1.00 bits per heavy atom. The van der Waals surface area contributed by atoms with Crippen LogP contribution in [0.1, 0.15) is 73.1 Å². The summed E-state index contributed by atoms with van der Waals surface area (Å²) in [5, 5.41) is 3.11. The van der Waals surface area contributed by atoms with Gasteiger partial charge in [0.25, 0.3) is 5.91 Å². The number of rotatable bonds is 13. The van der Waals surface area contributed by atoms with Crippen LogP contribution >= 0.6 is 0 Å². The lowest BCUT2D eigenvalue weighted by Crippen LogP contribution is -2.47. The van der Waals surface area contributed by atoms with Gasteiger partial charge in [-0.1, -0.05) is 41.0 Å². The molecule has 31 heavy (non-hydrogen) atoms. The average molecular weight is 433 g/mol. The Kier molecular flexibility index (Phi) is 10.8. The lowest BCUT2D eigenvalue weighted by atomic mass is 9.83. The first-order valence-corrected chi connectivity index (χ1v) is 12.2. The molecule has 1 aliphatic rings. The number of carbonyl (C=O) groups excluding carboxylic acids is 1. The van der Waals surface area contributed by atoms with Gasteiger partial charge in [0.2, 0.25) is 0 Å². The van der Waals surface area contributed by atoms with E-state index in [4.69, 9.17) is 9.47 Å². The van der Waals surface area contributed by atoms with Crippen LogP contribution in [-0.4, -0.2) is 49.3 Å². The van der Waals surface area contributed by atoms with Gasteiger partial charge < -0.3 is 14.8 Å². The molecule has 0 radical (unpaired) electrons. The van der Waals surface area contributed by atoms with Crippen molar-refractivity contribution in [2.45, 2.75) is 78.7 Å². The average Bonchev–Trinajstić information content (AvgIpc) is 2.73. The molecule has 0 aromatic heterocycles. The summed E-state index contributed by atoms with van der Waals surface area (Å²) in [6.45, 7) is 15.3. The highest BCUT2D eigenvalue weighted by molar-refractivity contribution is 5.97. The van der Waals surface area contributed by atoms with Crippen molar-refractivity contribution < 1.29 is 14.3 Å². The van der Waals surface area contributed by atoms with E-state index in [0.717, 1.165) is 24.4 Å². The van der Waals surface area contributed by atoms with Gasteiger partial charge in [0.1, 0.15) is 18.0 Å². The number of piperidine rings is 1. The SMILES string of the molecule is CCCOC(CC(C)C)(CC(C)C)C(=O)Nc1ccc(OCCN2CCCCC2)cc1. The molecule has 1 aromatic carbocycles. The number of hydrogen-bond acceptors (Lipinski definition) is 4. The van der Waals surface area contributed by atoms with Crippen LogP contribution in [0.2, 0.25) is 0 Å². The van der Waals surface area contributed by atoms with Gasteiger partial charge in [0.15, 0.2) is 0 Å². The molecule has 1 fully saturated rings. The summed E-state index contributed by atoms with van der Waals surface area (Å²) < 4.78 is 12.1. The number of likely N-dealkylation sites (tertiary alicyclic amines) is 1. The summed E-state index contributed by atoms with van der Waals surface area (Å²) >= 11 is 0. The molecule has 0 atom stereocenters. The van der Waals surface area contributed by atoms with Gasteiger partial charge in [0.05, 0.1) is 0 Å². The Hall–Kier alpha value is -1.59. The smallest absolute Gasteiger partial charge is 0.256 e. The van der Waals surface area contributed by atoms with E-state index in [9.17, 15) is 4.79 Å². The Balaban J connectivity index is 1.96. The molecule has 5 heteroatoms. The van der Waals surface area contributed by atoms with Crippen LogP contribution < -0.4 is 10.1 Å². The van der Waals surface area contributed by atoms with Crippen molar-refractivity contribution in [2.24, 2.45) is 11.8 Å². The second kappa shape index (κ2) is 13.1. The number of ether oxygens (including phenoxy) is 2. The molecule has 1 aliphatic heterocycles. The summed E-state index contributed by atoms with van der Waals surface area (Å²) in [6.07, 6.45) is 6.28. The van der Waals surface area contributed by atoms with E-state index in [0.29, 0.717) is 37.9 Å². The zero-order valence-electron chi connectivity index (χ0n) is 20.4. The summed E-state index contributed by atoms with van der Waals surface area (Å²) in [5.74, 6) is 1.55. The first kappa shape index (κ1) is 25.7. The highest BCUT2D eigenvalue weighted by Crippen LogP contribution is 2.31. The fourth-order valence-corrected chi connectivity index (χ4v) is 4.42. The fraction of sp³-hybridized carbons (Fsp3) is 0.731. The van der Waals surface area contributed by atoms with E-state index in [1.54, 1.807) is 0 Å². The molecule has 2 rings (SSSR count). The molecule has 1 N–H and O–H groups in total. The second-order valence-corrected chi connectivity index (χ2v) is 9.77. The normalized spacial score (nSPS) is 15.5. The van der Waals surface area contributed by atoms with Crippen LogP contribution in [-0.2, 0) is 9.53 Å². The molecular formula is C26H44N2O3. The predicted octanol–water partition coefficient (Wildman–Crippen LogP) is 5.75. The van der Waals surface area contributed by atoms with E-state index in [2.05, 4.69) is 44.8 Å². The lowest BCUT2D eigenvalue weighted by molar-refractivity contribution is -0.147. The Morgan fingerprint density at radius 2 is 1.61 bits per heavy atom. The summed E-state index contributed by atoms with van der Waals surface area (Å²) in [5.41, 5.74) is -0.00698. The monoisotopic (exact) mass is 432 g/mol. The first-order chi connectivity index (χ1) is 14.8. The van der Waals surface area contributed by atoms with Crippen LogP contribution in [0.15, 0.2) is 24.3 Å². The number of hydrogen-bond donors (Lipinski definition) is 1. The van der Waals surface area contributed by atoms with Gasteiger partial charge in [-0.25, -0.2) is 0 Å². The van der Waals surface area contributed by atoms with E-state index < -0.39 is 5.60 Å². The predicted molar refractivity (Wildman–Crippen MR) is 129 cm³/mol. The molecular weight excluding hydrogens is 388 g/mol. The Labute approximate surface area is 189 Å². The third kappa shape index (κ3) is 8.82. The standard InChI is InChI=1S/C26H44N2O3/c1-6-17-31-26(19-21(2)3,20-22(4)5)25(29)27-23-10-12-24(13-11-23)30-18-16-28-14-8-7-9-15-28/h10-13,21-22H,6-9,14-20H2,1-5H3,(H,27,29). The number of benzene rings is 1. The van der Waals surface area contributed by atoms with Crippen LogP contribution in [0.4, 0.5) is 5.69 Å². The van der Waals surface area contributed by atoms with Crippen molar-refractivity contribution in [3.63, 3.8) is 0 Å². The highest BCUT2D eigenvalue weighted by Gasteiger charge is 2.40. The molecule has 0 spiro atoms. The molecule has 0 bridgehead atoms. The summed E-state index contributed by atoms with van der Waals surface area (Å²) in [6, 6.07) is 7.71. The van der Waals surface area contributed by atoms with Crippen LogP contribution in [0.5, 0.6) is 5.75 Å². The second-order valence-electron chi connectivity index (χ2n) is 9.77. The van der Waals surface area contributed by atoms with Gasteiger partial charge >= 0.3 is 0 Å². The zero-order chi connectivity index (χ0) is 22.7. The zero-order valence-corrected chi connectivity index (χ0v) is 20.4. The van der Waals surface area contributed by atoms with Crippen molar-refractivity contribution >= 4 is 11.6 Å². The highest BCUT2D eigenvalue weighted by atomic mass is 16.5. The van der Waals surface area contributed by atoms with Gasteiger partial charge in [-0.2, -0.15) is 0 Å². The molecule has 0 saturated carbocycles. The molecule has 1 amide bonds. The van der Waals surface area contributed by atoms with Crippen LogP contribution in [0.3, 0.4) is 0 Å². The van der Waals surface area contributed by atoms with Crippen molar-refractivity contribution in [3.8, 4) is 5.75 Å². The lowest BCUT2D eigenvalue weighted by Gasteiger charge is -2.35. The molecule has 1 aromatic rings. The Morgan fingerprint density at radius 3 is 2.16 bits per heavy atom. The van der Waals surface area contributed by atoms with Crippen LogP contribution in [0, 0.1) is 11.8 Å². The maximum atomic E-state index is 13.4. The molecule has 0 unspecified atom stereocenters. The number of nitrogens with zero attached hydrogens (tertiary/aromatic N) is 1. The number of anilines is 1. The molecule has 1 heterocycles. The minimum atomic E-state index is -0.790. The van der Waals surface area contributed by atoms with Gasteiger partial charge in [-0.05, 0) is 81.3 Å². The maximum Gasteiger partial charge on any atom is 0.256 e. The molecule has 0 aliphatic carbocycles. The molecule has 1 saturated heterocycles.